The molecule has 0 aromatic carbocycles. The van der Waals surface area contributed by atoms with Gasteiger partial charge in [0.05, 0.1) is 0 Å². The number of carbonyl (C=O) groups is 3. The molecule has 0 spiro atoms. The first kappa shape index (κ1) is 65.5. The first-order valence-electron chi connectivity index (χ1n) is 28.2. The summed E-state index contributed by atoms with van der Waals surface area (Å²) in [5.41, 5.74) is 0. The minimum Gasteiger partial charge on any atom is -0.462 e. The molecular weight excluding hydrogens is 865 g/mol. The van der Waals surface area contributed by atoms with Crippen LogP contribution in [0.5, 0.6) is 0 Å². The molecule has 0 aliphatic rings. The molecule has 0 fully saturated rings. The van der Waals surface area contributed by atoms with Gasteiger partial charge in [-0.2, -0.15) is 0 Å². The second-order valence-electron chi connectivity index (χ2n) is 18.1. The van der Waals surface area contributed by atoms with Gasteiger partial charge in [0.15, 0.2) is 6.10 Å². The third-order valence-electron chi connectivity index (χ3n) is 11.4. The van der Waals surface area contributed by atoms with E-state index in [1.807, 2.05) is 0 Å². The minimum atomic E-state index is -0.800. The zero-order valence-electron chi connectivity index (χ0n) is 45.0. The highest BCUT2D eigenvalue weighted by Crippen LogP contribution is 2.13. The molecule has 394 valence electrons. The highest BCUT2D eigenvalue weighted by atomic mass is 16.6. The van der Waals surface area contributed by atoms with Crippen LogP contribution in [-0.2, 0) is 28.6 Å². The van der Waals surface area contributed by atoms with Crippen molar-refractivity contribution in [3.63, 3.8) is 0 Å². The van der Waals surface area contributed by atoms with Crippen LogP contribution in [0.25, 0.3) is 0 Å². The van der Waals surface area contributed by atoms with Crippen LogP contribution in [0.1, 0.15) is 233 Å². The smallest absolute Gasteiger partial charge is 0.306 e. The Kier molecular flexibility index (Phi) is 53.5. The van der Waals surface area contributed by atoms with E-state index >= 15 is 0 Å². The standard InChI is InChI=1S/C64H102O6/c1-4-7-10-13-16-18-20-22-24-25-26-27-28-29-30-31-32-33-34-35-36-37-38-39-40-42-43-45-48-51-54-57-63(66)69-60-61(59-68-62(65)56-53-50-47-15-12-9-6-3)70-64(67)58-55-52-49-46-44-41-23-21-19-17-14-11-8-5-2/h7,10,14,16-18,21-24,26-27,29-30,32-33,35-36,38-39,42-43,61H,4-6,8-9,11-13,15,19-20,25,28,31,34,37,40-41,44-60H2,1-3H3/b10-7-,17-14-,18-16-,23-21-,24-22-,27-26-,30-29-,33-32-,36-35-,39-38-,43-42-. The zero-order valence-corrected chi connectivity index (χ0v) is 45.0. The molecule has 6 nitrogen and oxygen atoms in total. The molecule has 0 saturated carbocycles. The zero-order chi connectivity index (χ0) is 50.7. The van der Waals surface area contributed by atoms with Crippen molar-refractivity contribution in [3.05, 3.63) is 134 Å². The van der Waals surface area contributed by atoms with E-state index in [2.05, 4.69) is 154 Å². The van der Waals surface area contributed by atoms with Crippen LogP contribution in [-0.4, -0.2) is 37.2 Å². The van der Waals surface area contributed by atoms with Crippen molar-refractivity contribution in [1.29, 1.82) is 0 Å². The summed E-state index contributed by atoms with van der Waals surface area (Å²) >= 11 is 0. The molecule has 0 rings (SSSR count). The number of esters is 3. The highest BCUT2D eigenvalue weighted by molar-refractivity contribution is 5.71. The summed E-state index contributed by atoms with van der Waals surface area (Å²) in [5.74, 6) is -0.960. The number of hydrogen-bond donors (Lipinski definition) is 0. The largest absolute Gasteiger partial charge is 0.462 e. The fraction of sp³-hybridized carbons (Fsp3) is 0.609. The summed E-state index contributed by atoms with van der Waals surface area (Å²) < 4.78 is 16.7. The molecule has 0 radical (unpaired) electrons. The van der Waals surface area contributed by atoms with E-state index in [0.717, 1.165) is 148 Å². The van der Waals surface area contributed by atoms with Gasteiger partial charge in [-0.15, -0.1) is 0 Å². The summed E-state index contributed by atoms with van der Waals surface area (Å²) in [7, 11) is 0. The first-order valence-corrected chi connectivity index (χ1v) is 28.2. The monoisotopic (exact) mass is 967 g/mol. The molecule has 0 heterocycles. The minimum absolute atomic E-state index is 0.0975. The molecule has 0 aromatic rings. The molecule has 0 amide bonds. The third kappa shape index (κ3) is 54.5. The van der Waals surface area contributed by atoms with Gasteiger partial charge >= 0.3 is 17.9 Å². The maximum Gasteiger partial charge on any atom is 0.306 e. The molecular formula is C64H102O6. The maximum atomic E-state index is 12.8. The molecule has 0 saturated heterocycles. The molecule has 0 N–H and O–H groups in total. The Morgan fingerprint density at radius 2 is 0.571 bits per heavy atom. The molecule has 0 bridgehead atoms. The van der Waals surface area contributed by atoms with Crippen LogP contribution in [0.4, 0.5) is 0 Å². The Hall–Kier alpha value is -4.45. The Labute approximate surface area is 430 Å². The fourth-order valence-corrected chi connectivity index (χ4v) is 7.16. The average molecular weight is 968 g/mol. The Balaban J connectivity index is 4.27. The molecule has 0 aliphatic heterocycles. The lowest BCUT2D eigenvalue weighted by atomic mass is 10.1. The molecule has 0 aromatic heterocycles. The average Bonchev–Trinajstić information content (AvgIpc) is 3.36. The van der Waals surface area contributed by atoms with E-state index in [9.17, 15) is 14.4 Å². The van der Waals surface area contributed by atoms with Crippen LogP contribution < -0.4 is 0 Å². The van der Waals surface area contributed by atoms with Crippen molar-refractivity contribution in [1.82, 2.24) is 0 Å². The summed E-state index contributed by atoms with van der Waals surface area (Å²) in [4.78, 5) is 37.9. The molecule has 0 aliphatic carbocycles. The highest BCUT2D eigenvalue weighted by Gasteiger charge is 2.19. The molecule has 1 atom stereocenters. The van der Waals surface area contributed by atoms with E-state index in [1.165, 1.54) is 44.9 Å². The summed E-state index contributed by atoms with van der Waals surface area (Å²) in [6.07, 6.45) is 80.4. The second-order valence-corrected chi connectivity index (χ2v) is 18.1. The van der Waals surface area contributed by atoms with E-state index in [0.29, 0.717) is 19.3 Å². The van der Waals surface area contributed by atoms with Crippen LogP contribution in [0.2, 0.25) is 0 Å². The summed E-state index contributed by atoms with van der Waals surface area (Å²) in [6.45, 7) is 6.38. The van der Waals surface area contributed by atoms with Gasteiger partial charge in [0, 0.05) is 19.3 Å². The SMILES string of the molecule is CC/C=C\C/C=C\C/C=C\C/C=C\C/C=C\C/C=C\C/C=C\C/C=C\C/C=C\CCCCCC(=O)OCC(COC(=O)CCCCCCCCC)OC(=O)CCCCCCC/C=C\C/C=C\CCCC. The van der Waals surface area contributed by atoms with Crippen molar-refractivity contribution in [2.75, 3.05) is 13.2 Å². The van der Waals surface area contributed by atoms with Gasteiger partial charge in [-0.05, 0) is 116 Å². The summed E-state index contributed by atoms with van der Waals surface area (Å²) in [5, 5.41) is 0. The molecule has 6 heteroatoms. The first-order chi connectivity index (χ1) is 34.5. The predicted octanol–water partition coefficient (Wildman–Crippen LogP) is 19.0. The normalized spacial score (nSPS) is 13.1. The van der Waals surface area contributed by atoms with Crippen molar-refractivity contribution in [2.45, 2.75) is 239 Å². The lowest BCUT2D eigenvalue weighted by molar-refractivity contribution is -0.167. The lowest BCUT2D eigenvalue weighted by Gasteiger charge is -2.18. The Morgan fingerprint density at radius 1 is 0.300 bits per heavy atom. The van der Waals surface area contributed by atoms with Gasteiger partial charge in [-0.25, -0.2) is 0 Å². The third-order valence-corrected chi connectivity index (χ3v) is 11.4. The van der Waals surface area contributed by atoms with Crippen LogP contribution >= 0.6 is 0 Å². The summed E-state index contributed by atoms with van der Waals surface area (Å²) in [6, 6.07) is 0. The van der Waals surface area contributed by atoms with Crippen LogP contribution in [0.15, 0.2) is 134 Å². The van der Waals surface area contributed by atoms with E-state index in [-0.39, 0.29) is 31.1 Å². The number of hydrogen-bond acceptors (Lipinski definition) is 6. The number of carbonyl (C=O) groups excluding carboxylic acids is 3. The Morgan fingerprint density at radius 3 is 0.929 bits per heavy atom. The van der Waals surface area contributed by atoms with E-state index in [4.69, 9.17) is 14.2 Å². The van der Waals surface area contributed by atoms with Crippen LogP contribution in [0, 0.1) is 0 Å². The van der Waals surface area contributed by atoms with E-state index < -0.39 is 6.10 Å². The fourth-order valence-electron chi connectivity index (χ4n) is 7.16. The topological polar surface area (TPSA) is 78.9 Å². The Bertz CT molecular complexity index is 1530. The number of rotatable bonds is 49. The number of allylic oxidation sites excluding steroid dienone is 22. The van der Waals surface area contributed by atoms with Crippen molar-refractivity contribution >= 4 is 17.9 Å². The van der Waals surface area contributed by atoms with Gasteiger partial charge in [-0.1, -0.05) is 231 Å². The number of unbranched alkanes of at least 4 members (excludes halogenated alkanes) is 16. The second kappa shape index (κ2) is 57.1. The molecule has 70 heavy (non-hydrogen) atoms. The van der Waals surface area contributed by atoms with Crippen LogP contribution in [0.3, 0.4) is 0 Å². The van der Waals surface area contributed by atoms with Gasteiger partial charge in [0.1, 0.15) is 13.2 Å². The van der Waals surface area contributed by atoms with Gasteiger partial charge in [0.25, 0.3) is 0 Å². The lowest BCUT2D eigenvalue weighted by Crippen LogP contribution is -2.30. The van der Waals surface area contributed by atoms with Crippen molar-refractivity contribution in [3.8, 4) is 0 Å². The molecule has 1 unspecified atom stereocenters. The van der Waals surface area contributed by atoms with Crippen molar-refractivity contribution < 1.29 is 28.6 Å². The quantitative estimate of drug-likeness (QED) is 0.0262. The number of ether oxygens (including phenoxy) is 3. The van der Waals surface area contributed by atoms with Gasteiger partial charge in [0.2, 0.25) is 0 Å². The van der Waals surface area contributed by atoms with Gasteiger partial charge in [-0.3, -0.25) is 14.4 Å². The predicted molar refractivity (Wildman–Crippen MR) is 302 cm³/mol. The van der Waals surface area contributed by atoms with E-state index in [1.54, 1.807) is 0 Å². The van der Waals surface area contributed by atoms with Crippen molar-refractivity contribution in [2.24, 2.45) is 0 Å². The van der Waals surface area contributed by atoms with Gasteiger partial charge < -0.3 is 14.2 Å². The maximum absolute atomic E-state index is 12.8.